The Hall–Kier alpha value is -0.380. The minimum absolute atomic E-state index is 0.234. The van der Waals surface area contributed by atoms with Crippen LogP contribution in [0.5, 0.6) is 0 Å². The van der Waals surface area contributed by atoms with Crippen LogP contribution in [0.3, 0.4) is 0 Å². The van der Waals surface area contributed by atoms with E-state index in [1.54, 1.807) is 0 Å². The van der Waals surface area contributed by atoms with Crippen LogP contribution in [0.25, 0.3) is 0 Å². The number of hydrogen-bond donors (Lipinski definition) is 2. The second-order valence-electron chi connectivity index (χ2n) is 6.33. The number of thiophene rings is 1. The molecule has 0 spiro atoms. The summed E-state index contributed by atoms with van der Waals surface area (Å²) in [5, 5.41) is 3.64. The van der Waals surface area contributed by atoms with Crippen LogP contribution in [-0.4, -0.2) is 13.1 Å². The van der Waals surface area contributed by atoms with Crippen molar-refractivity contribution in [2.75, 3.05) is 13.1 Å². The molecule has 1 rings (SSSR count). The highest BCUT2D eigenvalue weighted by molar-refractivity contribution is 7.12. The Labute approximate surface area is 122 Å². The maximum Gasteiger partial charge on any atom is 0.0539 e. The molecule has 0 amide bonds. The lowest BCUT2D eigenvalue weighted by Crippen LogP contribution is -2.31. The second-order valence-corrected chi connectivity index (χ2v) is 7.45. The lowest BCUT2D eigenvalue weighted by Gasteiger charge is -2.20. The van der Waals surface area contributed by atoms with Crippen molar-refractivity contribution >= 4 is 11.3 Å². The molecule has 1 aromatic rings. The predicted octanol–water partition coefficient (Wildman–Crippen LogP) is 4.07. The molecule has 0 aliphatic rings. The van der Waals surface area contributed by atoms with Gasteiger partial charge in [0.25, 0.3) is 0 Å². The van der Waals surface area contributed by atoms with Gasteiger partial charge < -0.3 is 11.1 Å². The Kier molecular flexibility index (Phi) is 6.51. The van der Waals surface area contributed by atoms with Gasteiger partial charge in [-0.1, -0.05) is 47.5 Å². The first-order valence-electron chi connectivity index (χ1n) is 7.46. The average molecular weight is 282 g/mol. The van der Waals surface area contributed by atoms with Gasteiger partial charge in [0.2, 0.25) is 0 Å². The highest BCUT2D eigenvalue weighted by atomic mass is 32.1. The maximum absolute atomic E-state index is 5.94. The number of hydrogen-bond acceptors (Lipinski definition) is 3. The van der Waals surface area contributed by atoms with E-state index < -0.39 is 0 Å². The first kappa shape index (κ1) is 16.7. The van der Waals surface area contributed by atoms with Gasteiger partial charge in [-0.3, -0.25) is 0 Å². The lowest BCUT2D eigenvalue weighted by atomic mass is 9.95. The van der Waals surface area contributed by atoms with Gasteiger partial charge in [-0.25, -0.2) is 0 Å². The maximum atomic E-state index is 5.94. The fourth-order valence-corrected chi connectivity index (χ4v) is 3.28. The second kappa shape index (κ2) is 7.41. The molecule has 0 aromatic carbocycles. The molecule has 0 fully saturated rings. The van der Waals surface area contributed by atoms with Gasteiger partial charge in [-0.05, 0) is 30.0 Å². The summed E-state index contributed by atoms with van der Waals surface area (Å²) < 4.78 is 0. The van der Waals surface area contributed by atoms with Gasteiger partial charge in [0.1, 0.15) is 0 Å². The minimum Gasteiger partial charge on any atom is -0.329 e. The molecule has 1 heterocycles. The molecule has 0 aliphatic heterocycles. The molecule has 1 aromatic heterocycles. The fourth-order valence-electron chi connectivity index (χ4n) is 2.13. The number of nitrogens with one attached hydrogen (secondary N) is 1. The average Bonchev–Trinajstić information content (AvgIpc) is 2.84. The van der Waals surface area contributed by atoms with Crippen LogP contribution < -0.4 is 11.1 Å². The SMILES string of the molecule is CCC(CC)CNC(CN)c1ccc(C(C)(C)C)s1. The monoisotopic (exact) mass is 282 g/mol. The van der Waals surface area contributed by atoms with E-state index in [2.05, 4.69) is 52.1 Å². The molecule has 0 saturated carbocycles. The van der Waals surface area contributed by atoms with E-state index in [0.29, 0.717) is 12.6 Å². The van der Waals surface area contributed by atoms with Crippen LogP contribution in [0.4, 0.5) is 0 Å². The molecule has 1 atom stereocenters. The normalized spacial score (nSPS) is 14.1. The third-order valence-electron chi connectivity index (χ3n) is 3.75. The molecule has 0 bridgehead atoms. The smallest absolute Gasteiger partial charge is 0.0539 e. The summed E-state index contributed by atoms with van der Waals surface area (Å²) in [5.41, 5.74) is 6.17. The minimum atomic E-state index is 0.234. The van der Waals surface area contributed by atoms with Gasteiger partial charge in [0.05, 0.1) is 6.04 Å². The van der Waals surface area contributed by atoms with E-state index >= 15 is 0 Å². The van der Waals surface area contributed by atoms with E-state index in [1.807, 2.05) is 11.3 Å². The summed E-state index contributed by atoms with van der Waals surface area (Å²) in [4.78, 5) is 2.81. The zero-order valence-corrected chi connectivity index (χ0v) is 13.9. The Morgan fingerprint density at radius 3 is 2.26 bits per heavy atom. The zero-order chi connectivity index (χ0) is 14.5. The molecular formula is C16H30N2S. The molecule has 0 aliphatic carbocycles. The standard InChI is InChI=1S/C16H30N2S/c1-6-12(7-2)11-18-13(10-17)14-8-9-15(19-14)16(3,4)5/h8-9,12-13,18H,6-7,10-11,17H2,1-5H3. The number of rotatable bonds is 7. The molecule has 110 valence electrons. The van der Waals surface area contributed by atoms with E-state index in [0.717, 1.165) is 12.5 Å². The van der Waals surface area contributed by atoms with Crippen molar-refractivity contribution in [3.63, 3.8) is 0 Å². The van der Waals surface area contributed by atoms with Crippen LogP contribution in [0.1, 0.15) is 63.3 Å². The van der Waals surface area contributed by atoms with Crippen molar-refractivity contribution in [2.24, 2.45) is 11.7 Å². The highest BCUT2D eigenvalue weighted by Crippen LogP contribution is 2.32. The first-order valence-corrected chi connectivity index (χ1v) is 8.27. The zero-order valence-electron chi connectivity index (χ0n) is 13.1. The summed E-state index contributed by atoms with van der Waals surface area (Å²) in [6, 6.07) is 4.80. The molecule has 0 radical (unpaired) electrons. The molecule has 2 nitrogen and oxygen atoms in total. The van der Waals surface area contributed by atoms with Crippen LogP contribution in [0, 0.1) is 5.92 Å². The Morgan fingerprint density at radius 1 is 1.21 bits per heavy atom. The Balaban J connectivity index is 2.67. The van der Waals surface area contributed by atoms with Crippen molar-refractivity contribution in [1.82, 2.24) is 5.32 Å². The molecular weight excluding hydrogens is 252 g/mol. The summed E-state index contributed by atoms with van der Waals surface area (Å²) in [6.45, 7) is 13.0. The predicted molar refractivity (Wildman–Crippen MR) is 86.9 cm³/mol. The largest absolute Gasteiger partial charge is 0.329 e. The van der Waals surface area contributed by atoms with Gasteiger partial charge in [0, 0.05) is 16.3 Å². The molecule has 19 heavy (non-hydrogen) atoms. The van der Waals surface area contributed by atoms with Gasteiger partial charge >= 0.3 is 0 Å². The fraction of sp³-hybridized carbons (Fsp3) is 0.750. The summed E-state index contributed by atoms with van der Waals surface area (Å²) in [5.74, 6) is 0.760. The quantitative estimate of drug-likeness (QED) is 0.791. The molecule has 0 saturated heterocycles. The summed E-state index contributed by atoms with van der Waals surface area (Å²) >= 11 is 1.90. The van der Waals surface area contributed by atoms with Crippen LogP contribution in [-0.2, 0) is 5.41 Å². The van der Waals surface area contributed by atoms with Crippen molar-refractivity contribution < 1.29 is 0 Å². The van der Waals surface area contributed by atoms with Crippen molar-refractivity contribution in [3.8, 4) is 0 Å². The number of nitrogens with two attached hydrogens (primary N) is 1. The molecule has 1 unspecified atom stereocenters. The van der Waals surface area contributed by atoms with Gasteiger partial charge in [0.15, 0.2) is 0 Å². The van der Waals surface area contributed by atoms with Gasteiger partial charge in [-0.2, -0.15) is 0 Å². The molecule has 3 N–H and O–H groups in total. The Bertz CT molecular complexity index is 361. The Morgan fingerprint density at radius 2 is 1.84 bits per heavy atom. The van der Waals surface area contributed by atoms with Gasteiger partial charge in [-0.15, -0.1) is 11.3 Å². The van der Waals surface area contributed by atoms with E-state index in [4.69, 9.17) is 5.73 Å². The van der Waals surface area contributed by atoms with E-state index in [9.17, 15) is 0 Å². The van der Waals surface area contributed by atoms with E-state index in [1.165, 1.54) is 22.6 Å². The third kappa shape index (κ3) is 4.90. The van der Waals surface area contributed by atoms with Crippen molar-refractivity contribution in [3.05, 3.63) is 21.9 Å². The first-order chi connectivity index (χ1) is 8.92. The van der Waals surface area contributed by atoms with Crippen molar-refractivity contribution in [2.45, 2.75) is 58.9 Å². The molecule has 3 heteroatoms. The van der Waals surface area contributed by atoms with Crippen LogP contribution in [0.2, 0.25) is 0 Å². The highest BCUT2D eigenvalue weighted by Gasteiger charge is 2.19. The van der Waals surface area contributed by atoms with Crippen LogP contribution >= 0.6 is 11.3 Å². The van der Waals surface area contributed by atoms with Crippen LogP contribution in [0.15, 0.2) is 12.1 Å². The third-order valence-corrected chi connectivity index (χ3v) is 5.38. The van der Waals surface area contributed by atoms with E-state index in [-0.39, 0.29) is 5.41 Å². The summed E-state index contributed by atoms with van der Waals surface area (Å²) in [6.07, 6.45) is 2.47. The lowest BCUT2D eigenvalue weighted by molar-refractivity contribution is 0.416. The van der Waals surface area contributed by atoms with Crippen molar-refractivity contribution in [1.29, 1.82) is 0 Å². The summed E-state index contributed by atoms with van der Waals surface area (Å²) in [7, 11) is 0. The topological polar surface area (TPSA) is 38.0 Å².